The fourth-order valence-corrected chi connectivity index (χ4v) is 4.30. The number of hydrogen-bond acceptors (Lipinski definition) is 1. The molecule has 1 saturated carbocycles. The molecule has 0 heterocycles. The van der Waals surface area contributed by atoms with Crippen molar-refractivity contribution < 1.29 is 0 Å². The van der Waals surface area contributed by atoms with Crippen LogP contribution in [-0.4, -0.2) is 4.75 Å². The zero-order valence-electron chi connectivity index (χ0n) is 11.2. The maximum absolute atomic E-state index is 4.95. The first-order chi connectivity index (χ1) is 7.42. The van der Waals surface area contributed by atoms with E-state index in [1.807, 2.05) is 0 Å². The topological polar surface area (TPSA) is 0 Å². The van der Waals surface area contributed by atoms with Gasteiger partial charge in [0.15, 0.2) is 0 Å². The fourth-order valence-electron chi connectivity index (χ4n) is 3.87. The molecule has 0 aromatic heterocycles. The third kappa shape index (κ3) is 2.20. The molecule has 1 heteroatoms. The monoisotopic (exact) mass is 238 g/mol. The summed E-state index contributed by atoms with van der Waals surface area (Å²) in [5, 5.41) is 0. The van der Waals surface area contributed by atoms with Crippen molar-refractivity contribution >= 4 is 12.6 Å². The first-order valence-electron chi connectivity index (χ1n) is 6.81. The average molecular weight is 238 g/mol. The highest BCUT2D eigenvalue weighted by atomic mass is 32.1. The Morgan fingerprint density at radius 3 is 2.69 bits per heavy atom. The molecule has 2 rings (SSSR count). The van der Waals surface area contributed by atoms with Crippen molar-refractivity contribution in [3.05, 3.63) is 11.6 Å². The van der Waals surface area contributed by atoms with Gasteiger partial charge >= 0.3 is 0 Å². The second kappa shape index (κ2) is 4.40. The Morgan fingerprint density at radius 2 is 2.06 bits per heavy atom. The Hall–Kier alpha value is 0.0900. The summed E-state index contributed by atoms with van der Waals surface area (Å²) in [6, 6.07) is 0. The van der Waals surface area contributed by atoms with Crippen LogP contribution in [0.15, 0.2) is 11.6 Å². The van der Waals surface area contributed by atoms with Crippen molar-refractivity contribution in [3.63, 3.8) is 0 Å². The van der Waals surface area contributed by atoms with Gasteiger partial charge in [-0.1, -0.05) is 32.4 Å². The molecule has 92 valence electrons. The Morgan fingerprint density at radius 1 is 1.38 bits per heavy atom. The van der Waals surface area contributed by atoms with Crippen molar-refractivity contribution in [1.82, 2.24) is 0 Å². The Kier molecular flexibility index (Phi) is 3.45. The number of thiol groups is 1. The molecule has 4 atom stereocenters. The molecular weight excluding hydrogens is 212 g/mol. The van der Waals surface area contributed by atoms with Gasteiger partial charge in [0.05, 0.1) is 0 Å². The van der Waals surface area contributed by atoms with Gasteiger partial charge in [0, 0.05) is 4.75 Å². The van der Waals surface area contributed by atoms with E-state index in [0.29, 0.717) is 0 Å². The van der Waals surface area contributed by atoms with Crippen LogP contribution in [0.2, 0.25) is 0 Å². The summed E-state index contributed by atoms with van der Waals surface area (Å²) in [6.07, 6.45) is 7.89. The van der Waals surface area contributed by atoms with Gasteiger partial charge in [0.1, 0.15) is 0 Å². The molecule has 0 aromatic rings. The van der Waals surface area contributed by atoms with Crippen LogP contribution in [0.1, 0.15) is 53.4 Å². The van der Waals surface area contributed by atoms with Crippen LogP contribution >= 0.6 is 12.6 Å². The lowest BCUT2D eigenvalue weighted by Crippen LogP contribution is -2.45. The molecule has 0 aromatic carbocycles. The first-order valence-corrected chi connectivity index (χ1v) is 7.26. The molecule has 0 N–H and O–H groups in total. The largest absolute Gasteiger partial charge is 0.172 e. The predicted molar refractivity (Wildman–Crippen MR) is 74.9 cm³/mol. The molecule has 0 unspecified atom stereocenters. The normalized spacial score (nSPS) is 44.1. The quantitative estimate of drug-likeness (QED) is 0.496. The van der Waals surface area contributed by atoms with Crippen LogP contribution in [0.4, 0.5) is 0 Å². The summed E-state index contributed by atoms with van der Waals surface area (Å²) < 4.78 is 0.271. The van der Waals surface area contributed by atoms with Crippen molar-refractivity contribution in [1.29, 1.82) is 0 Å². The second-order valence-corrected chi connectivity index (χ2v) is 7.56. The molecule has 2 aliphatic rings. The highest BCUT2D eigenvalue weighted by Crippen LogP contribution is 2.52. The van der Waals surface area contributed by atoms with E-state index in [-0.39, 0.29) is 4.75 Å². The van der Waals surface area contributed by atoms with Gasteiger partial charge in [-0.15, -0.1) is 0 Å². The summed E-state index contributed by atoms with van der Waals surface area (Å²) in [6.45, 7) is 9.44. The van der Waals surface area contributed by atoms with E-state index in [1.54, 1.807) is 5.57 Å². The average Bonchev–Trinajstić information content (AvgIpc) is 2.16. The number of allylic oxidation sites excluding steroid dienone is 2. The van der Waals surface area contributed by atoms with E-state index in [0.717, 1.165) is 23.7 Å². The van der Waals surface area contributed by atoms with Gasteiger partial charge in [-0.05, 0) is 56.3 Å². The molecule has 0 radical (unpaired) electrons. The van der Waals surface area contributed by atoms with E-state index in [2.05, 4.69) is 33.8 Å². The molecular formula is C15H26S. The molecule has 0 bridgehead atoms. The Bertz CT molecular complexity index is 288. The van der Waals surface area contributed by atoms with Gasteiger partial charge in [-0.25, -0.2) is 0 Å². The highest BCUT2D eigenvalue weighted by Gasteiger charge is 2.45. The van der Waals surface area contributed by atoms with Gasteiger partial charge in [-0.2, -0.15) is 12.6 Å². The summed E-state index contributed by atoms with van der Waals surface area (Å²) in [7, 11) is 0. The minimum absolute atomic E-state index is 0.271. The lowest BCUT2D eigenvalue weighted by molar-refractivity contribution is 0.107. The van der Waals surface area contributed by atoms with Crippen LogP contribution < -0.4 is 0 Å². The van der Waals surface area contributed by atoms with Crippen molar-refractivity contribution in [2.24, 2.45) is 23.7 Å². The van der Waals surface area contributed by atoms with Gasteiger partial charge < -0.3 is 0 Å². The SMILES string of the molecule is CC1=C[C@@H]2[C@@H](CC1)[C@](C)(S)CC[C@H]2C(C)C. The van der Waals surface area contributed by atoms with Gasteiger partial charge in [0.25, 0.3) is 0 Å². The van der Waals surface area contributed by atoms with Gasteiger partial charge in [0.2, 0.25) is 0 Å². The van der Waals surface area contributed by atoms with E-state index in [9.17, 15) is 0 Å². The maximum Gasteiger partial charge on any atom is 0.0135 e. The van der Waals surface area contributed by atoms with Crippen molar-refractivity contribution in [2.75, 3.05) is 0 Å². The third-order valence-corrected chi connectivity index (χ3v) is 5.48. The Balaban J connectivity index is 2.27. The van der Waals surface area contributed by atoms with Gasteiger partial charge in [-0.3, -0.25) is 0 Å². The summed E-state index contributed by atoms with van der Waals surface area (Å²) in [5.74, 6) is 3.31. The van der Waals surface area contributed by atoms with Crippen LogP contribution in [0.25, 0.3) is 0 Å². The van der Waals surface area contributed by atoms with E-state index < -0.39 is 0 Å². The summed E-state index contributed by atoms with van der Waals surface area (Å²) in [4.78, 5) is 0. The zero-order valence-corrected chi connectivity index (χ0v) is 12.1. The number of fused-ring (bicyclic) bond motifs is 1. The lowest BCUT2D eigenvalue weighted by Gasteiger charge is -2.50. The Labute approximate surface area is 106 Å². The van der Waals surface area contributed by atoms with E-state index in [4.69, 9.17) is 12.6 Å². The smallest absolute Gasteiger partial charge is 0.0135 e. The fraction of sp³-hybridized carbons (Fsp3) is 0.867. The zero-order chi connectivity index (χ0) is 11.9. The van der Waals surface area contributed by atoms with E-state index in [1.165, 1.54) is 25.7 Å². The van der Waals surface area contributed by atoms with Crippen LogP contribution in [-0.2, 0) is 0 Å². The molecule has 0 spiro atoms. The van der Waals surface area contributed by atoms with Crippen molar-refractivity contribution in [3.8, 4) is 0 Å². The van der Waals surface area contributed by atoms with Crippen LogP contribution in [0.3, 0.4) is 0 Å². The molecule has 0 nitrogen and oxygen atoms in total. The second-order valence-electron chi connectivity index (χ2n) is 6.54. The summed E-state index contributed by atoms with van der Waals surface area (Å²) >= 11 is 4.95. The maximum atomic E-state index is 4.95. The lowest BCUT2D eigenvalue weighted by atomic mass is 9.60. The molecule has 16 heavy (non-hydrogen) atoms. The molecule has 2 aliphatic carbocycles. The molecule has 0 aliphatic heterocycles. The van der Waals surface area contributed by atoms with Crippen molar-refractivity contribution in [2.45, 2.75) is 58.1 Å². The van der Waals surface area contributed by atoms with E-state index >= 15 is 0 Å². The number of hydrogen-bond donors (Lipinski definition) is 1. The minimum Gasteiger partial charge on any atom is -0.172 e. The molecule has 0 amide bonds. The van der Waals surface area contributed by atoms with Crippen LogP contribution in [0, 0.1) is 23.7 Å². The van der Waals surface area contributed by atoms with Crippen LogP contribution in [0.5, 0.6) is 0 Å². The number of rotatable bonds is 1. The predicted octanol–water partition coefficient (Wildman–Crippen LogP) is 4.71. The minimum atomic E-state index is 0.271. The molecule has 1 fully saturated rings. The molecule has 0 saturated heterocycles. The first kappa shape index (κ1) is 12.5. The summed E-state index contributed by atoms with van der Waals surface area (Å²) in [5.41, 5.74) is 1.61. The third-order valence-electron chi connectivity index (χ3n) is 4.92. The standard InChI is InChI=1S/C15H26S/c1-10(2)12-7-8-15(4,16)14-6-5-11(3)9-13(12)14/h9-10,12-14,16H,5-8H2,1-4H3/t12-,13-,14+,15+/m0/s1. The highest BCUT2D eigenvalue weighted by molar-refractivity contribution is 7.81.